The van der Waals surface area contributed by atoms with Gasteiger partial charge in [0.2, 0.25) is 11.8 Å². The van der Waals surface area contributed by atoms with Crippen LogP contribution in [-0.4, -0.2) is 47.3 Å². The summed E-state index contributed by atoms with van der Waals surface area (Å²) in [7, 11) is 1.56. The number of aromatic nitrogens is 1. The smallest absolute Gasteiger partial charge is 0.255 e. The summed E-state index contributed by atoms with van der Waals surface area (Å²) in [6.07, 6.45) is 3.01. The number of anilines is 1. The Kier molecular flexibility index (Phi) is 8.31. The normalized spacial score (nSPS) is 16.8. The number of nitrogens with zero attached hydrogens (tertiary/aromatic N) is 3. The Morgan fingerprint density at radius 1 is 1.00 bits per heavy atom. The molecule has 5 rings (SSSR count). The summed E-state index contributed by atoms with van der Waals surface area (Å²) >= 11 is 6.21. The van der Waals surface area contributed by atoms with Gasteiger partial charge in [0.15, 0.2) is 0 Å². The number of rotatable bonds is 7. The Hall–Kier alpha value is -4.69. The largest absolute Gasteiger partial charge is 0.497 e. The summed E-state index contributed by atoms with van der Waals surface area (Å²) in [5, 5.41) is 3.53. The van der Waals surface area contributed by atoms with E-state index in [9.17, 15) is 14.4 Å². The van der Waals surface area contributed by atoms with Crippen molar-refractivity contribution < 1.29 is 19.1 Å². The minimum Gasteiger partial charge on any atom is -0.497 e. The van der Waals surface area contributed by atoms with Crippen LogP contribution in [0.1, 0.15) is 33.1 Å². The number of amides is 3. The molecule has 0 radical (unpaired) electrons. The van der Waals surface area contributed by atoms with Crippen LogP contribution in [0.15, 0.2) is 97.3 Å². The molecule has 1 fully saturated rings. The third kappa shape index (κ3) is 6.07. The second kappa shape index (κ2) is 12.2. The number of pyridine rings is 1. The van der Waals surface area contributed by atoms with E-state index in [1.807, 2.05) is 31.2 Å². The average Bonchev–Trinajstić information content (AvgIpc) is 3.00. The summed E-state index contributed by atoms with van der Waals surface area (Å²) in [5.74, 6) is -0.534. The van der Waals surface area contributed by atoms with Crippen molar-refractivity contribution in [1.29, 1.82) is 0 Å². The molecule has 1 aliphatic heterocycles. The fourth-order valence-electron chi connectivity index (χ4n) is 5.08. The molecule has 3 aromatic carbocycles. The lowest BCUT2D eigenvalue weighted by molar-refractivity contribution is -0.131. The Bertz CT molecular complexity index is 1540. The minimum atomic E-state index is -1.05. The Morgan fingerprint density at radius 2 is 1.71 bits per heavy atom. The van der Waals surface area contributed by atoms with Gasteiger partial charge in [0.05, 0.1) is 13.2 Å². The van der Waals surface area contributed by atoms with E-state index in [1.165, 1.54) is 17.3 Å². The summed E-state index contributed by atoms with van der Waals surface area (Å²) in [5.41, 5.74) is 3.55. The van der Waals surface area contributed by atoms with Crippen molar-refractivity contribution in [3.05, 3.63) is 125 Å². The molecule has 0 aliphatic carbocycles. The van der Waals surface area contributed by atoms with Crippen LogP contribution in [0.3, 0.4) is 0 Å². The number of hydrogen-bond acceptors (Lipinski definition) is 5. The van der Waals surface area contributed by atoms with E-state index in [0.29, 0.717) is 27.6 Å². The van der Waals surface area contributed by atoms with Gasteiger partial charge in [-0.2, -0.15) is 0 Å². The van der Waals surface area contributed by atoms with E-state index in [1.54, 1.807) is 72.7 Å². The number of methoxy groups -OCH3 is 1. The van der Waals surface area contributed by atoms with Gasteiger partial charge in [-0.1, -0.05) is 53.6 Å². The monoisotopic (exact) mass is 568 g/mol. The zero-order chi connectivity index (χ0) is 28.9. The number of aryl methyl sites for hydroxylation is 1. The van der Waals surface area contributed by atoms with Crippen LogP contribution in [0.5, 0.6) is 5.75 Å². The number of hydrogen-bond donors (Lipinski definition) is 1. The van der Waals surface area contributed by atoms with Crippen molar-refractivity contribution in [2.45, 2.75) is 25.6 Å². The molecule has 1 saturated heterocycles. The quantitative estimate of drug-likeness (QED) is 0.340. The first-order valence-electron chi connectivity index (χ1n) is 13.1. The first-order valence-corrected chi connectivity index (χ1v) is 13.5. The molecule has 1 aliphatic rings. The summed E-state index contributed by atoms with van der Waals surface area (Å²) in [6.45, 7) is 1.95. The van der Waals surface area contributed by atoms with Crippen LogP contribution in [0.4, 0.5) is 5.69 Å². The van der Waals surface area contributed by atoms with E-state index in [-0.39, 0.29) is 24.9 Å². The highest BCUT2D eigenvalue weighted by Gasteiger charge is 2.48. The van der Waals surface area contributed by atoms with Gasteiger partial charge in [-0.3, -0.25) is 19.4 Å². The van der Waals surface area contributed by atoms with E-state index in [0.717, 1.165) is 11.1 Å². The highest BCUT2D eigenvalue weighted by molar-refractivity contribution is 6.30. The highest BCUT2D eigenvalue weighted by Crippen LogP contribution is 2.38. The van der Waals surface area contributed by atoms with E-state index < -0.39 is 18.0 Å². The van der Waals surface area contributed by atoms with Crippen LogP contribution in [0.25, 0.3) is 0 Å². The molecule has 8 nitrogen and oxygen atoms in total. The zero-order valence-electron chi connectivity index (χ0n) is 22.7. The van der Waals surface area contributed by atoms with Crippen molar-refractivity contribution >= 4 is 35.0 Å². The Labute approximate surface area is 243 Å². The van der Waals surface area contributed by atoms with Crippen molar-refractivity contribution in [2.24, 2.45) is 0 Å². The topological polar surface area (TPSA) is 91.8 Å². The predicted octanol–water partition coefficient (Wildman–Crippen LogP) is 4.97. The lowest BCUT2D eigenvalue weighted by Crippen LogP contribution is -2.64. The summed E-state index contributed by atoms with van der Waals surface area (Å²) < 4.78 is 5.31. The van der Waals surface area contributed by atoms with Crippen molar-refractivity contribution in [2.75, 3.05) is 18.6 Å². The van der Waals surface area contributed by atoms with Gasteiger partial charge < -0.3 is 19.9 Å². The third-order valence-corrected chi connectivity index (χ3v) is 7.31. The molecule has 9 heteroatoms. The maximum Gasteiger partial charge on any atom is 0.255 e. The second-order valence-electron chi connectivity index (χ2n) is 9.78. The number of piperazine rings is 1. The Balaban J connectivity index is 1.61. The molecule has 2 atom stereocenters. The standard InChI is InChI=1S/C32H29ClN4O4/c1-21-4-3-5-22(18-21)19-35-31(39)30-29(23-6-8-25(33)9-7-23)37(26-10-12-27(41-2)13-11-26)28(38)20-36(30)32(40)24-14-16-34-17-15-24/h3-18,29-30H,19-20H2,1-2H3,(H,35,39)/t29-,30+/m0/s1. The van der Waals surface area contributed by atoms with Crippen molar-refractivity contribution in [1.82, 2.24) is 15.2 Å². The van der Waals surface area contributed by atoms with Gasteiger partial charge in [0, 0.05) is 35.2 Å². The number of ether oxygens (including phenoxy) is 1. The molecule has 0 saturated carbocycles. The molecule has 2 heterocycles. The molecule has 3 amide bonds. The molecule has 1 aromatic heterocycles. The fraction of sp³-hybridized carbons (Fsp3) is 0.188. The zero-order valence-corrected chi connectivity index (χ0v) is 23.4. The molecule has 0 unspecified atom stereocenters. The summed E-state index contributed by atoms with van der Waals surface area (Å²) in [6, 6.07) is 23.1. The van der Waals surface area contributed by atoms with Gasteiger partial charge in [-0.15, -0.1) is 0 Å². The van der Waals surface area contributed by atoms with Crippen LogP contribution in [-0.2, 0) is 16.1 Å². The third-order valence-electron chi connectivity index (χ3n) is 7.06. The van der Waals surface area contributed by atoms with Gasteiger partial charge in [-0.05, 0) is 66.6 Å². The van der Waals surface area contributed by atoms with Crippen LogP contribution >= 0.6 is 11.6 Å². The molecular weight excluding hydrogens is 540 g/mol. The van der Waals surface area contributed by atoms with Gasteiger partial charge in [0.25, 0.3) is 5.91 Å². The van der Waals surface area contributed by atoms with Gasteiger partial charge in [0.1, 0.15) is 18.3 Å². The number of nitrogens with one attached hydrogen (secondary N) is 1. The van der Waals surface area contributed by atoms with Gasteiger partial charge >= 0.3 is 0 Å². The first-order chi connectivity index (χ1) is 19.9. The maximum absolute atomic E-state index is 14.1. The highest BCUT2D eigenvalue weighted by atomic mass is 35.5. The lowest BCUT2D eigenvalue weighted by Gasteiger charge is -2.46. The minimum absolute atomic E-state index is 0.262. The Morgan fingerprint density at radius 3 is 2.37 bits per heavy atom. The maximum atomic E-state index is 14.1. The lowest BCUT2D eigenvalue weighted by atomic mass is 9.91. The number of carbonyl (C=O) groups excluding carboxylic acids is 3. The summed E-state index contributed by atoms with van der Waals surface area (Å²) in [4.78, 5) is 48.8. The number of benzene rings is 3. The number of halogens is 1. The molecule has 41 heavy (non-hydrogen) atoms. The van der Waals surface area contributed by atoms with Crippen molar-refractivity contribution in [3.63, 3.8) is 0 Å². The van der Waals surface area contributed by atoms with E-state index >= 15 is 0 Å². The second-order valence-corrected chi connectivity index (χ2v) is 10.2. The molecule has 0 spiro atoms. The molecule has 0 bridgehead atoms. The van der Waals surface area contributed by atoms with Gasteiger partial charge in [-0.25, -0.2) is 0 Å². The van der Waals surface area contributed by atoms with E-state index in [4.69, 9.17) is 16.3 Å². The average molecular weight is 569 g/mol. The first kappa shape index (κ1) is 27.9. The molecule has 4 aromatic rings. The van der Waals surface area contributed by atoms with Crippen LogP contribution < -0.4 is 15.0 Å². The molecule has 1 N–H and O–H groups in total. The van der Waals surface area contributed by atoms with Crippen LogP contribution in [0.2, 0.25) is 5.02 Å². The van der Waals surface area contributed by atoms with Crippen LogP contribution in [0, 0.1) is 6.92 Å². The molecule has 208 valence electrons. The number of carbonyl (C=O) groups is 3. The predicted molar refractivity (Wildman–Crippen MR) is 157 cm³/mol. The van der Waals surface area contributed by atoms with Crippen molar-refractivity contribution in [3.8, 4) is 5.75 Å². The molecular formula is C32H29ClN4O4. The van der Waals surface area contributed by atoms with E-state index in [2.05, 4.69) is 10.3 Å². The fourth-order valence-corrected chi connectivity index (χ4v) is 5.21. The SMILES string of the molecule is COc1ccc(N2C(=O)CN(C(=O)c3ccncc3)[C@@H](C(=O)NCc3cccc(C)c3)[C@@H]2c2ccc(Cl)cc2)cc1.